The van der Waals surface area contributed by atoms with Gasteiger partial charge in [0, 0.05) is 18.0 Å². The average molecular weight is 286 g/mol. The summed E-state index contributed by atoms with van der Waals surface area (Å²) in [5.74, 6) is -0.233. The quantitative estimate of drug-likeness (QED) is 0.871. The third kappa shape index (κ3) is 3.56. The fourth-order valence-electron chi connectivity index (χ4n) is 1.66. The number of esters is 1. The summed E-state index contributed by atoms with van der Waals surface area (Å²) in [6.45, 7) is 0. The van der Waals surface area contributed by atoms with Crippen molar-refractivity contribution in [3.8, 4) is 5.75 Å². The number of carbonyl (C=O) groups excluding carboxylic acids is 2. The van der Waals surface area contributed by atoms with E-state index in [1.54, 1.807) is 31.4 Å². The number of aromatic nitrogens is 1. The Hall–Kier alpha value is -2.89. The predicted molar refractivity (Wildman–Crippen MR) is 76.5 cm³/mol. The molecule has 0 atom stereocenters. The van der Waals surface area contributed by atoms with Crippen molar-refractivity contribution in [1.29, 1.82) is 0 Å². The Morgan fingerprint density at radius 2 is 1.95 bits per heavy atom. The van der Waals surface area contributed by atoms with Gasteiger partial charge in [0.25, 0.3) is 5.91 Å². The number of rotatable bonds is 4. The fraction of sp³-hybridized carbons (Fsp3) is 0.133. The van der Waals surface area contributed by atoms with E-state index in [0.717, 1.165) is 0 Å². The molecule has 0 radical (unpaired) electrons. The first kappa shape index (κ1) is 14.5. The first-order chi connectivity index (χ1) is 10.1. The maximum Gasteiger partial charge on any atom is 0.339 e. The number of hydrogen-bond acceptors (Lipinski definition) is 5. The SMILES string of the molecule is COC(=O)c1ccc(C(=O)Nc2cccc(OC)c2)nc1. The molecule has 1 N–H and O–H groups in total. The molecule has 1 amide bonds. The summed E-state index contributed by atoms with van der Waals surface area (Å²) in [4.78, 5) is 27.3. The summed E-state index contributed by atoms with van der Waals surface area (Å²) in [6, 6.07) is 9.92. The van der Waals surface area contributed by atoms with Gasteiger partial charge >= 0.3 is 5.97 Å². The smallest absolute Gasteiger partial charge is 0.339 e. The Morgan fingerprint density at radius 1 is 1.14 bits per heavy atom. The zero-order chi connectivity index (χ0) is 15.2. The lowest BCUT2D eigenvalue weighted by Gasteiger charge is -2.07. The van der Waals surface area contributed by atoms with E-state index >= 15 is 0 Å². The molecule has 0 spiro atoms. The van der Waals surface area contributed by atoms with E-state index in [0.29, 0.717) is 11.4 Å². The van der Waals surface area contributed by atoms with Crippen LogP contribution in [0.2, 0.25) is 0 Å². The maximum atomic E-state index is 12.0. The van der Waals surface area contributed by atoms with Gasteiger partial charge in [0.2, 0.25) is 0 Å². The molecule has 0 bridgehead atoms. The second-order valence-electron chi connectivity index (χ2n) is 4.11. The highest BCUT2D eigenvalue weighted by Gasteiger charge is 2.11. The van der Waals surface area contributed by atoms with Crippen LogP contribution in [0.3, 0.4) is 0 Å². The van der Waals surface area contributed by atoms with Gasteiger partial charge < -0.3 is 14.8 Å². The van der Waals surface area contributed by atoms with Crippen LogP contribution in [0.5, 0.6) is 5.75 Å². The Morgan fingerprint density at radius 3 is 2.57 bits per heavy atom. The molecule has 108 valence electrons. The molecule has 0 aliphatic heterocycles. The van der Waals surface area contributed by atoms with Gasteiger partial charge in [0.1, 0.15) is 11.4 Å². The van der Waals surface area contributed by atoms with Crippen molar-refractivity contribution in [3.05, 3.63) is 53.9 Å². The van der Waals surface area contributed by atoms with Crippen molar-refractivity contribution in [3.63, 3.8) is 0 Å². The first-order valence-electron chi connectivity index (χ1n) is 6.14. The van der Waals surface area contributed by atoms with Gasteiger partial charge in [-0.3, -0.25) is 9.78 Å². The third-order valence-corrected chi connectivity index (χ3v) is 2.74. The largest absolute Gasteiger partial charge is 0.497 e. The first-order valence-corrected chi connectivity index (χ1v) is 6.14. The van der Waals surface area contributed by atoms with Gasteiger partial charge in [-0.2, -0.15) is 0 Å². The highest BCUT2D eigenvalue weighted by Crippen LogP contribution is 2.17. The van der Waals surface area contributed by atoms with E-state index in [2.05, 4.69) is 15.0 Å². The van der Waals surface area contributed by atoms with E-state index in [4.69, 9.17) is 4.74 Å². The molecule has 6 nitrogen and oxygen atoms in total. The highest BCUT2D eigenvalue weighted by molar-refractivity contribution is 6.03. The summed E-state index contributed by atoms with van der Waals surface area (Å²) >= 11 is 0. The fourth-order valence-corrected chi connectivity index (χ4v) is 1.66. The molecule has 2 rings (SSSR count). The average Bonchev–Trinajstić information content (AvgIpc) is 2.54. The Balaban J connectivity index is 2.11. The van der Waals surface area contributed by atoms with E-state index < -0.39 is 5.97 Å². The van der Waals surface area contributed by atoms with Gasteiger partial charge in [-0.25, -0.2) is 4.79 Å². The summed E-state index contributed by atoms with van der Waals surface area (Å²) in [5, 5.41) is 2.70. The number of nitrogens with one attached hydrogen (secondary N) is 1. The topological polar surface area (TPSA) is 77.5 Å². The molecule has 6 heteroatoms. The molecule has 0 fully saturated rings. The molecule has 0 aliphatic carbocycles. The summed E-state index contributed by atoms with van der Waals surface area (Å²) in [5.41, 5.74) is 1.08. The van der Waals surface area contributed by atoms with Crippen LogP contribution in [-0.2, 0) is 4.74 Å². The minimum atomic E-state index is -0.498. The second kappa shape index (κ2) is 6.51. The van der Waals surface area contributed by atoms with Crippen molar-refractivity contribution >= 4 is 17.6 Å². The molecule has 2 aromatic rings. The van der Waals surface area contributed by atoms with Gasteiger partial charge in [0.05, 0.1) is 19.8 Å². The summed E-state index contributed by atoms with van der Waals surface area (Å²) in [6.07, 6.45) is 1.30. The molecular weight excluding hydrogens is 272 g/mol. The van der Waals surface area contributed by atoms with Gasteiger partial charge in [0.15, 0.2) is 0 Å². The Labute approximate surface area is 121 Å². The monoisotopic (exact) mass is 286 g/mol. The van der Waals surface area contributed by atoms with Crippen molar-refractivity contribution in [1.82, 2.24) is 4.98 Å². The number of nitrogens with zero attached hydrogens (tertiary/aromatic N) is 1. The van der Waals surface area contributed by atoms with Crippen LogP contribution in [0, 0.1) is 0 Å². The molecule has 21 heavy (non-hydrogen) atoms. The van der Waals surface area contributed by atoms with Crippen molar-refractivity contribution in [2.24, 2.45) is 0 Å². The van der Waals surface area contributed by atoms with E-state index in [1.807, 2.05) is 0 Å². The van der Waals surface area contributed by atoms with E-state index in [-0.39, 0.29) is 17.2 Å². The van der Waals surface area contributed by atoms with Gasteiger partial charge in [-0.15, -0.1) is 0 Å². The lowest BCUT2D eigenvalue weighted by atomic mass is 10.2. The standard InChI is InChI=1S/C15H14N2O4/c1-20-12-5-3-4-11(8-12)17-14(18)13-7-6-10(9-16-13)15(19)21-2/h3-9H,1-2H3,(H,17,18). The van der Waals surface area contributed by atoms with E-state index in [9.17, 15) is 9.59 Å². The van der Waals surface area contributed by atoms with Crippen molar-refractivity contribution in [2.45, 2.75) is 0 Å². The van der Waals surface area contributed by atoms with Gasteiger partial charge in [-0.1, -0.05) is 6.07 Å². The van der Waals surface area contributed by atoms with Crippen LogP contribution in [0.25, 0.3) is 0 Å². The number of amides is 1. The third-order valence-electron chi connectivity index (χ3n) is 2.74. The Bertz CT molecular complexity index is 653. The molecule has 1 aromatic carbocycles. The summed E-state index contributed by atoms with van der Waals surface area (Å²) in [7, 11) is 2.83. The molecule has 0 unspecified atom stereocenters. The number of benzene rings is 1. The molecule has 0 aliphatic rings. The van der Waals surface area contributed by atoms with Crippen LogP contribution < -0.4 is 10.1 Å². The minimum absolute atomic E-state index is 0.200. The van der Waals surface area contributed by atoms with Crippen LogP contribution in [0.1, 0.15) is 20.8 Å². The van der Waals surface area contributed by atoms with Crippen LogP contribution in [-0.4, -0.2) is 31.1 Å². The number of hydrogen-bond donors (Lipinski definition) is 1. The molecule has 1 heterocycles. The van der Waals surface area contributed by atoms with Crippen molar-refractivity contribution in [2.75, 3.05) is 19.5 Å². The number of anilines is 1. The molecule has 0 saturated carbocycles. The predicted octanol–water partition coefficient (Wildman–Crippen LogP) is 2.13. The maximum absolute atomic E-state index is 12.0. The Kier molecular flexibility index (Phi) is 4.50. The molecule has 0 saturated heterocycles. The zero-order valence-electron chi connectivity index (χ0n) is 11.6. The van der Waals surface area contributed by atoms with Crippen LogP contribution in [0.15, 0.2) is 42.6 Å². The number of pyridine rings is 1. The van der Waals surface area contributed by atoms with Crippen LogP contribution >= 0.6 is 0 Å². The number of methoxy groups -OCH3 is 2. The van der Waals surface area contributed by atoms with Gasteiger partial charge in [-0.05, 0) is 24.3 Å². The normalized spacial score (nSPS) is 9.81. The molecule has 1 aromatic heterocycles. The highest BCUT2D eigenvalue weighted by atomic mass is 16.5. The second-order valence-corrected chi connectivity index (χ2v) is 4.11. The minimum Gasteiger partial charge on any atom is -0.497 e. The molecular formula is C15H14N2O4. The van der Waals surface area contributed by atoms with E-state index in [1.165, 1.54) is 25.4 Å². The number of carbonyl (C=O) groups is 2. The van der Waals surface area contributed by atoms with Crippen LogP contribution in [0.4, 0.5) is 5.69 Å². The zero-order valence-corrected chi connectivity index (χ0v) is 11.6. The van der Waals surface area contributed by atoms with Crippen molar-refractivity contribution < 1.29 is 19.1 Å². The summed E-state index contributed by atoms with van der Waals surface area (Å²) < 4.78 is 9.64. The number of ether oxygens (including phenoxy) is 2. The lowest BCUT2D eigenvalue weighted by Crippen LogP contribution is -2.14. The lowest BCUT2D eigenvalue weighted by molar-refractivity contribution is 0.0600.